The molecule has 2 aromatic carbocycles. The molecule has 0 bridgehead atoms. The molecule has 1 unspecified atom stereocenters. The molecule has 2 nitrogen and oxygen atoms in total. The molecule has 150 valence electrons. The first-order valence-electron chi connectivity index (χ1n) is 10.7. The molecule has 1 saturated carbocycles. The van der Waals surface area contributed by atoms with Crippen LogP contribution < -0.4 is 0 Å². The van der Waals surface area contributed by atoms with E-state index < -0.39 is 0 Å². The van der Waals surface area contributed by atoms with Gasteiger partial charge in [0.1, 0.15) is 0 Å². The van der Waals surface area contributed by atoms with Gasteiger partial charge in [-0.25, -0.2) is 0 Å². The third-order valence-corrected chi connectivity index (χ3v) is 7.15. The molecule has 2 aromatic rings. The van der Waals surface area contributed by atoms with Crippen molar-refractivity contribution >= 4 is 11.6 Å². The lowest BCUT2D eigenvalue weighted by atomic mass is 9.64. The van der Waals surface area contributed by atoms with E-state index in [1.807, 2.05) is 7.11 Å². The maximum atomic E-state index is 6.12. The smallest absolute Gasteiger partial charge is 0.0824 e. The third kappa shape index (κ3) is 4.45. The summed E-state index contributed by atoms with van der Waals surface area (Å²) in [5, 5.41) is 0.836. The minimum absolute atomic E-state index is 0.208. The standard InChI is InChI=1S/C25H32ClNO/c1-28-24(21-8-3-2-4-9-21)17-20-7-5-16-27(18-20)19-25(14-6-15-25)22-10-12-23(26)13-11-22/h2-4,8-13,20,24H,5-7,14-19H2,1H3/t20-,24?/m0/s1. The van der Waals surface area contributed by atoms with Gasteiger partial charge in [0, 0.05) is 30.6 Å². The SMILES string of the molecule is COC(C[C@@H]1CCCN(CC2(c3ccc(Cl)cc3)CCC2)C1)c1ccccc1. The highest BCUT2D eigenvalue weighted by Crippen LogP contribution is 2.45. The fourth-order valence-corrected chi connectivity index (χ4v) is 5.33. The molecule has 0 aromatic heterocycles. The molecule has 0 radical (unpaired) electrons. The molecule has 28 heavy (non-hydrogen) atoms. The molecule has 0 amide bonds. The molecule has 2 aliphatic rings. The van der Waals surface area contributed by atoms with Crippen LogP contribution >= 0.6 is 11.6 Å². The highest BCUT2D eigenvalue weighted by molar-refractivity contribution is 6.30. The fourth-order valence-electron chi connectivity index (χ4n) is 5.20. The van der Waals surface area contributed by atoms with E-state index in [-0.39, 0.29) is 6.10 Å². The van der Waals surface area contributed by atoms with Crippen LogP contribution in [-0.2, 0) is 10.2 Å². The molecule has 4 rings (SSSR count). The van der Waals surface area contributed by atoms with Gasteiger partial charge in [-0.05, 0) is 67.8 Å². The predicted octanol–water partition coefficient (Wildman–Crippen LogP) is 6.25. The molecule has 1 aliphatic heterocycles. The Morgan fingerprint density at radius 3 is 2.46 bits per heavy atom. The number of benzene rings is 2. The van der Waals surface area contributed by atoms with Gasteiger partial charge < -0.3 is 9.64 Å². The number of halogens is 1. The van der Waals surface area contributed by atoms with Gasteiger partial charge in [0.05, 0.1) is 6.10 Å². The molecule has 0 spiro atoms. The van der Waals surface area contributed by atoms with Crippen LogP contribution in [0.2, 0.25) is 5.02 Å². The Balaban J connectivity index is 1.40. The van der Waals surface area contributed by atoms with Crippen LogP contribution in [-0.4, -0.2) is 31.6 Å². The van der Waals surface area contributed by atoms with Gasteiger partial charge >= 0.3 is 0 Å². The van der Waals surface area contributed by atoms with Crippen molar-refractivity contribution in [2.24, 2.45) is 5.92 Å². The normalized spacial score (nSPS) is 23.1. The number of nitrogens with zero attached hydrogens (tertiary/aromatic N) is 1. The van der Waals surface area contributed by atoms with Crippen LogP contribution in [0.1, 0.15) is 55.8 Å². The Hall–Kier alpha value is -1.35. The summed E-state index contributed by atoms with van der Waals surface area (Å²) in [6.45, 7) is 3.62. The van der Waals surface area contributed by atoms with E-state index in [4.69, 9.17) is 16.3 Å². The van der Waals surface area contributed by atoms with E-state index in [9.17, 15) is 0 Å². The second-order valence-electron chi connectivity index (χ2n) is 8.75. The van der Waals surface area contributed by atoms with Gasteiger partial charge in [0.15, 0.2) is 0 Å². The molecule has 3 heteroatoms. The quantitative estimate of drug-likeness (QED) is 0.547. The number of piperidine rings is 1. The van der Waals surface area contributed by atoms with Crippen molar-refractivity contribution < 1.29 is 4.74 Å². The summed E-state index contributed by atoms with van der Waals surface area (Å²) in [6, 6.07) is 19.3. The molecular weight excluding hydrogens is 366 g/mol. The zero-order chi connectivity index (χ0) is 19.4. The highest BCUT2D eigenvalue weighted by atomic mass is 35.5. The van der Waals surface area contributed by atoms with E-state index >= 15 is 0 Å². The summed E-state index contributed by atoms with van der Waals surface area (Å²) in [4.78, 5) is 2.72. The van der Waals surface area contributed by atoms with Crippen LogP contribution in [0.15, 0.2) is 54.6 Å². The number of methoxy groups -OCH3 is 1. The number of likely N-dealkylation sites (tertiary alicyclic amines) is 1. The van der Waals surface area contributed by atoms with Crippen LogP contribution in [0.25, 0.3) is 0 Å². The van der Waals surface area contributed by atoms with E-state index in [0.29, 0.717) is 11.3 Å². The first-order chi connectivity index (χ1) is 13.7. The lowest BCUT2D eigenvalue weighted by molar-refractivity contribution is 0.0479. The topological polar surface area (TPSA) is 12.5 Å². The van der Waals surface area contributed by atoms with Crippen molar-refractivity contribution in [2.75, 3.05) is 26.7 Å². The van der Waals surface area contributed by atoms with Crippen LogP contribution in [0.3, 0.4) is 0 Å². The summed E-state index contributed by atoms with van der Waals surface area (Å²) < 4.78 is 5.86. The van der Waals surface area contributed by atoms with Crippen LogP contribution in [0, 0.1) is 5.92 Å². The summed E-state index contributed by atoms with van der Waals surface area (Å²) in [5.41, 5.74) is 3.12. The Kier molecular flexibility index (Phi) is 6.40. The van der Waals surface area contributed by atoms with Gasteiger partial charge in [0.25, 0.3) is 0 Å². The van der Waals surface area contributed by atoms with E-state index in [1.54, 1.807) is 0 Å². The monoisotopic (exact) mass is 397 g/mol. The number of hydrogen-bond donors (Lipinski definition) is 0. The molecule has 2 fully saturated rings. The average molecular weight is 398 g/mol. The largest absolute Gasteiger partial charge is 0.377 e. The second-order valence-corrected chi connectivity index (χ2v) is 9.19. The van der Waals surface area contributed by atoms with Crippen molar-refractivity contribution in [2.45, 2.75) is 50.0 Å². The van der Waals surface area contributed by atoms with Gasteiger partial charge in [-0.2, -0.15) is 0 Å². The Labute approximate surface area is 174 Å². The minimum Gasteiger partial charge on any atom is -0.377 e. The summed E-state index contributed by atoms with van der Waals surface area (Å²) >= 11 is 6.12. The van der Waals surface area contributed by atoms with E-state index in [2.05, 4.69) is 59.5 Å². The summed E-state index contributed by atoms with van der Waals surface area (Å²) in [7, 11) is 1.85. The zero-order valence-electron chi connectivity index (χ0n) is 16.9. The number of ether oxygens (including phenoxy) is 1. The maximum Gasteiger partial charge on any atom is 0.0824 e. The van der Waals surface area contributed by atoms with E-state index in [0.717, 1.165) is 11.4 Å². The van der Waals surface area contributed by atoms with Crippen molar-refractivity contribution in [1.82, 2.24) is 4.90 Å². The number of hydrogen-bond acceptors (Lipinski definition) is 2. The van der Waals surface area contributed by atoms with Crippen molar-refractivity contribution in [3.05, 3.63) is 70.7 Å². The summed E-state index contributed by atoms with van der Waals surface area (Å²) in [5.74, 6) is 0.709. The Bertz CT molecular complexity index is 741. The van der Waals surface area contributed by atoms with Gasteiger partial charge in [-0.3, -0.25) is 0 Å². The predicted molar refractivity (Wildman–Crippen MR) is 117 cm³/mol. The molecule has 0 N–H and O–H groups in total. The Morgan fingerprint density at radius 2 is 1.82 bits per heavy atom. The molecule has 1 aliphatic carbocycles. The summed E-state index contributed by atoms with van der Waals surface area (Å²) in [6.07, 6.45) is 7.90. The van der Waals surface area contributed by atoms with Gasteiger partial charge in [0.2, 0.25) is 0 Å². The van der Waals surface area contributed by atoms with E-state index in [1.165, 1.54) is 62.9 Å². The van der Waals surface area contributed by atoms with Crippen LogP contribution in [0.4, 0.5) is 0 Å². The first-order valence-corrected chi connectivity index (χ1v) is 11.1. The third-order valence-electron chi connectivity index (χ3n) is 6.90. The van der Waals surface area contributed by atoms with Crippen molar-refractivity contribution in [3.8, 4) is 0 Å². The fraction of sp³-hybridized carbons (Fsp3) is 0.520. The molecular formula is C25H32ClNO. The van der Waals surface area contributed by atoms with Gasteiger partial charge in [-0.1, -0.05) is 60.5 Å². The van der Waals surface area contributed by atoms with Crippen molar-refractivity contribution in [1.29, 1.82) is 0 Å². The second kappa shape index (κ2) is 8.98. The minimum atomic E-state index is 0.208. The maximum absolute atomic E-state index is 6.12. The molecule has 1 heterocycles. The molecule has 2 atom stereocenters. The van der Waals surface area contributed by atoms with Crippen molar-refractivity contribution in [3.63, 3.8) is 0 Å². The lowest BCUT2D eigenvalue weighted by Crippen LogP contribution is -2.48. The van der Waals surface area contributed by atoms with Crippen LogP contribution in [0.5, 0.6) is 0 Å². The lowest BCUT2D eigenvalue weighted by Gasteiger charge is -2.47. The average Bonchev–Trinajstić information content (AvgIpc) is 2.71. The molecule has 1 saturated heterocycles. The Morgan fingerprint density at radius 1 is 1.07 bits per heavy atom. The first kappa shape index (κ1) is 19.9. The zero-order valence-corrected chi connectivity index (χ0v) is 17.7. The van der Waals surface area contributed by atoms with Gasteiger partial charge in [-0.15, -0.1) is 0 Å². The number of rotatable bonds is 7. The highest BCUT2D eigenvalue weighted by Gasteiger charge is 2.40.